The van der Waals surface area contributed by atoms with E-state index in [1.807, 2.05) is 30.3 Å². The molecule has 0 saturated heterocycles. The molecular formula is C12H18N2O2S. The topological polar surface area (TPSA) is 86.2 Å². The van der Waals surface area contributed by atoms with Gasteiger partial charge in [0.25, 0.3) is 0 Å². The van der Waals surface area contributed by atoms with Gasteiger partial charge in [0.15, 0.2) is 9.84 Å². The van der Waals surface area contributed by atoms with Crippen LogP contribution in [0.2, 0.25) is 0 Å². The highest BCUT2D eigenvalue weighted by atomic mass is 32.2. The molecule has 0 radical (unpaired) electrons. The molecule has 5 heteroatoms. The van der Waals surface area contributed by atoms with Gasteiger partial charge >= 0.3 is 0 Å². The van der Waals surface area contributed by atoms with Gasteiger partial charge in [0, 0.05) is 18.2 Å². The first-order valence-electron chi connectivity index (χ1n) is 5.73. The fourth-order valence-electron chi connectivity index (χ4n) is 2.53. The highest BCUT2D eigenvalue weighted by Gasteiger charge is 2.67. The van der Waals surface area contributed by atoms with Crippen LogP contribution in [0.25, 0.3) is 0 Å². The average molecular weight is 254 g/mol. The summed E-state index contributed by atoms with van der Waals surface area (Å²) in [5.74, 6) is -0.0569. The predicted octanol–water partition coefficient (Wildman–Crippen LogP) is 0.243. The predicted molar refractivity (Wildman–Crippen MR) is 68.4 cm³/mol. The standard InChI is InChI=1S/C12H18N2O2S/c1-2-17(15,16)11-10(12(11,14)8-13)9-6-4-3-5-7-9/h3-7,10-11H,2,8,13-14H2,1H3/t10-,11+,12-/m0/s1. The van der Waals surface area contributed by atoms with Crippen LogP contribution in [0.5, 0.6) is 0 Å². The van der Waals surface area contributed by atoms with E-state index in [9.17, 15) is 8.42 Å². The number of nitrogens with two attached hydrogens (primary N) is 2. The SMILES string of the molecule is CCS(=O)(=O)[C@@H]1[C@H](c2ccccc2)[C@@]1(N)CN. The van der Waals surface area contributed by atoms with Crippen molar-refractivity contribution in [3.63, 3.8) is 0 Å². The van der Waals surface area contributed by atoms with Crippen LogP contribution in [-0.2, 0) is 9.84 Å². The van der Waals surface area contributed by atoms with Gasteiger partial charge < -0.3 is 11.5 Å². The third-order valence-corrected chi connectivity index (χ3v) is 5.89. The summed E-state index contributed by atoms with van der Waals surface area (Å²) < 4.78 is 24.0. The molecule has 1 saturated carbocycles. The summed E-state index contributed by atoms with van der Waals surface area (Å²) >= 11 is 0. The maximum atomic E-state index is 12.0. The molecule has 0 heterocycles. The lowest BCUT2D eigenvalue weighted by Crippen LogP contribution is -2.39. The van der Waals surface area contributed by atoms with Gasteiger partial charge in [-0.1, -0.05) is 37.3 Å². The van der Waals surface area contributed by atoms with Gasteiger partial charge in [0.2, 0.25) is 0 Å². The Morgan fingerprint density at radius 2 is 1.88 bits per heavy atom. The molecule has 1 aliphatic carbocycles. The Bertz CT molecular complexity index is 500. The highest BCUT2D eigenvalue weighted by Crippen LogP contribution is 2.53. The van der Waals surface area contributed by atoms with E-state index in [1.54, 1.807) is 6.92 Å². The van der Waals surface area contributed by atoms with Crippen LogP contribution in [0.15, 0.2) is 30.3 Å². The maximum absolute atomic E-state index is 12.0. The van der Waals surface area contributed by atoms with Crippen molar-refractivity contribution in [3.05, 3.63) is 35.9 Å². The second-order valence-corrected chi connectivity index (χ2v) is 6.99. The number of sulfone groups is 1. The summed E-state index contributed by atoms with van der Waals surface area (Å²) in [6.07, 6.45) is 0. The summed E-state index contributed by atoms with van der Waals surface area (Å²) in [4.78, 5) is 0. The molecule has 2 rings (SSSR count). The minimum atomic E-state index is -3.15. The Balaban J connectivity index is 2.37. The molecule has 4 N–H and O–H groups in total. The fourth-order valence-corrected chi connectivity index (χ4v) is 4.55. The Labute approximate surface area is 102 Å². The molecule has 1 aromatic carbocycles. The lowest BCUT2D eigenvalue weighted by atomic mass is 10.1. The Hall–Kier alpha value is -0.910. The summed E-state index contributed by atoms with van der Waals surface area (Å²) in [6, 6.07) is 9.50. The molecule has 1 fully saturated rings. The monoisotopic (exact) mass is 254 g/mol. The van der Waals surface area contributed by atoms with Crippen LogP contribution < -0.4 is 11.5 Å². The van der Waals surface area contributed by atoms with E-state index in [-0.39, 0.29) is 18.2 Å². The zero-order valence-corrected chi connectivity index (χ0v) is 10.7. The summed E-state index contributed by atoms with van der Waals surface area (Å²) in [5, 5.41) is -0.535. The van der Waals surface area contributed by atoms with E-state index in [0.29, 0.717) is 0 Å². The zero-order valence-electron chi connectivity index (χ0n) is 9.84. The van der Waals surface area contributed by atoms with Gasteiger partial charge in [0.05, 0.1) is 10.8 Å². The van der Waals surface area contributed by atoms with E-state index in [2.05, 4.69) is 0 Å². The minimum Gasteiger partial charge on any atom is -0.329 e. The van der Waals surface area contributed by atoms with Crippen molar-refractivity contribution < 1.29 is 8.42 Å². The average Bonchev–Trinajstić information content (AvgIpc) is 2.99. The maximum Gasteiger partial charge on any atom is 0.155 e. The van der Waals surface area contributed by atoms with Crippen molar-refractivity contribution in [1.29, 1.82) is 0 Å². The molecule has 94 valence electrons. The summed E-state index contributed by atoms with van der Waals surface area (Å²) in [7, 11) is -3.15. The fraction of sp³-hybridized carbons (Fsp3) is 0.500. The molecule has 1 aromatic rings. The number of benzene rings is 1. The minimum absolute atomic E-state index is 0.111. The van der Waals surface area contributed by atoms with E-state index in [4.69, 9.17) is 11.5 Å². The Morgan fingerprint density at radius 3 is 2.35 bits per heavy atom. The second kappa shape index (κ2) is 4.08. The van der Waals surface area contributed by atoms with Crippen LogP contribution >= 0.6 is 0 Å². The lowest BCUT2D eigenvalue weighted by Gasteiger charge is -2.07. The molecular weight excluding hydrogens is 236 g/mol. The van der Waals surface area contributed by atoms with Crippen LogP contribution in [-0.4, -0.2) is 31.5 Å². The van der Waals surface area contributed by atoms with Crippen LogP contribution in [0.4, 0.5) is 0 Å². The van der Waals surface area contributed by atoms with E-state index in [1.165, 1.54) is 0 Å². The van der Waals surface area contributed by atoms with Crippen LogP contribution in [0.1, 0.15) is 18.4 Å². The Kier molecular flexibility index (Phi) is 3.01. The van der Waals surface area contributed by atoms with Gasteiger partial charge in [-0.15, -0.1) is 0 Å². The quantitative estimate of drug-likeness (QED) is 0.806. The van der Waals surface area contributed by atoms with Crippen molar-refractivity contribution in [2.45, 2.75) is 23.6 Å². The Morgan fingerprint density at radius 1 is 1.29 bits per heavy atom. The van der Waals surface area contributed by atoms with Crippen molar-refractivity contribution in [1.82, 2.24) is 0 Å². The molecule has 4 nitrogen and oxygen atoms in total. The summed E-state index contributed by atoms with van der Waals surface area (Å²) in [5.41, 5.74) is 11.9. The van der Waals surface area contributed by atoms with Crippen molar-refractivity contribution in [2.75, 3.05) is 12.3 Å². The van der Waals surface area contributed by atoms with Gasteiger partial charge in [0.1, 0.15) is 0 Å². The first-order valence-corrected chi connectivity index (χ1v) is 7.44. The van der Waals surface area contributed by atoms with Gasteiger partial charge in [-0.2, -0.15) is 0 Å². The van der Waals surface area contributed by atoms with Gasteiger partial charge in [-0.3, -0.25) is 0 Å². The smallest absolute Gasteiger partial charge is 0.155 e. The van der Waals surface area contributed by atoms with E-state index >= 15 is 0 Å². The normalized spacial score (nSPS) is 32.4. The number of rotatable bonds is 4. The first-order chi connectivity index (χ1) is 7.97. The molecule has 0 spiro atoms. The molecule has 0 amide bonds. The van der Waals surface area contributed by atoms with Gasteiger partial charge in [-0.05, 0) is 5.56 Å². The largest absolute Gasteiger partial charge is 0.329 e. The van der Waals surface area contributed by atoms with Crippen LogP contribution in [0, 0.1) is 0 Å². The highest BCUT2D eigenvalue weighted by molar-refractivity contribution is 7.92. The summed E-state index contributed by atoms with van der Waals surface area (Å²) in [6.45, 7) is 1.84. The van der Waals surface area contributed by atoms with Crippen molar-refractivity contribution >= 4 is 9.84 Å². The van der Waals surface area contributed by atoms with E-state index in [0.717, 1.165) is 5.56 Å². The first kappa shape index (κ1) is 12.5. The molecule has 3 atom stereocenters. The third-order valence-electron chi connectivity index (χ3n) is 3.60. The second-order valence-electron chi connectivity index (χ2n) is 4.58. The van der Waals surface area contributed by atoms with E-state index < -0.39 is 20.6 Å². The molecule has 0 unspecified atom stereocenters. The molecule has 0 aliphatic heterocycles. The van der Waals surface area contributed by atoms with Gasteiger partial charge in [-0.25, -0.2) is 8.42 Å². The van der Waals surface area contributed by atoms with Crippen molar-refractivity contribution in [2.24, 2.45) is 11.5 Å². The van der Waals surface area contributed by atoms with Crippen LogP contribution in [0.3, 0.4) is 0 Å². The third kappa shape index (κ3) is 1.88. The zero-order chi connectivity index (χ0) is 12.7. The molecule has 0 bridgehead atoms. The number of hydrogen-bond acceptors (Lipinski definition) is 4. The van der Waals surface area contributed by atoms with Crippen molar-refractivity contribution in [3.8, 4) is 0 Å². The molecule has 0 aromatic heterocycles. The molecule has 1 aliphatic rings. The lowest BCUT2D eigenvalue weighted by molar-refractivity contribution is 0.587. The number of hydrogen-bond donors (Lipinski definition) is 2. The molecule has 17 heavy (non-hydrogen) atoms.